The maximum Gasteiger partial charge on any atom is 0.270 e. The summed E-state index contributed by atoms with van der Waals surface area (Å²) < 4.78 is 0. The lowest BCUT2D eigenvalue weighted by molar-refractivity contribution is 0.0953. The minimum absolute atomic E-state index is 0.189. The molecule has 1 heterocycles. The Labute approximate surface area is 108 Å². The van der Waals surface area contributed by atoms with E-state index in [-0.39, 0.29) is 5.91 Å². The van der Waals surface area contributed by atoms with Crippen molar-refractivity contribution in [3.05, 3.63) is 36.7 Å². The van der Waals surface area contributed by atoms with Crippen LogP contribution in [-0.2, 0) is 0 Å². The van der Waals surface area contributed by atoms with Crippen molar-refractivity contribution in [3.8, 4) is 0 Å². The quantitative estimate of drug-likeness (QED) is 0.706. The van der Waals surface area contributed by atoms with Gasteiger partial charge in [-0.1, -0.05) is 6.08 Å². The molecule has 5 heteroatoms. The number of rotatable bonds is 7. The van der Waals surface area contributed by atoms with Crippen LogP contribution in [0.2, 0.25) is 0 Å². The number of hydrogen-bond donors (Lipinski definition) is 2. The van der Waals surface area contributed by atoms with Crippen LogP contribution in [0.1, 0.15) is 10.5 Å². The van der Waals surface area contributed by atoms with Gasteiger partial charge < -0.3 is 15.5 Å². The number of carbonyl (C=O) groups is 1. The Balaban J connectivity index is 2.55. The zero-order chi connectivity index (χ0) is 13.4. The van der Waals surface area contributed by atoms with E-state index in [9.17, 15) is 4.79 Å². The number of carbonyl (C=O) groups excluding carboxylic acids is 1. The minimum atomic E-state index is -0.189. The molecular weight excluding hydrogens is 228 g/mol. The number of amides is 1. The van der Waals surface area contributed by atoms with Crippen molar-refractivity contribution >= 4 is 11.6 Å². The average molecular weight is 248 g/mol. The molecule has 5 nitrogen and oxygen atoms in total. The van der Waals surface area contributed by atoms with Gasteiger partial charge in [0.25, 0.3) is 5.91 Å². The van der Waals surface area contributed by atoms with E-state index in [1.54, 1.807) is 18.3 Å². The van der Waals surface area contributed by atoms with Crippen molar-refractivity contribution in [2.24, 2.45) is 0 Å². The van der Waals surface area contributed by atoms with E-state index in [1.807, 2.05) is 20.2 Å². The molecule has 1 aromatic rings. The van der Waals surface area contributed by atoms with Gasteiger partial charge in [-0.15, -0.1) is 6.58 Å². The molecule has 0 radical (unpaired) electrons. The summed E-state index contributed by atoms with van der Waals surface area (Å²) in [5.41, 5.74) is 1.31. The van der Waals surface area contributed by atoms with E-state index < -0.39 is 0 Å². The highest BCUT2D eigenvalue weighted by Crippen LogP contribution is 2.07. The fourth-order valence-corrected chi connectivity index (χ4v) is 1.34. The van der Waals surface area contributed by atoms with Gasteiger partial charge in [0.15, 0.2) is 0 Å². The number of nitrogens with zero attached hydrogens (tertiary/aromatic N) is 2. The summed E-state index contributed by atoms with van der Waals surface area (Å²) in [4.78, 5) is 17.8. The first-order valence-electron chi connectivity index (χ1n) is 5.87. The van der Waals surface area contributed by atoms with Gasteiger partial charge in [-0.05, 0) is 26.2 Å². The highest BCUT2D eigenvalue weighted by Gasteiger charge is 2.06. The summed E-state index contributed by atoms with van der Waals surface area (Å²) in [7, 11) is 4.03. The van der Waals surface area contributed by atoms with Gasteiger partial charge in [0.2, 0.25) is 0 Å². The molecule has 2 N–H and O–H groups in total. The predicted molar refractivity (Wildman–Crippen MR) is 73.8 cm³/mol. The van der Waals surface area contributed by atoms with Crippen LogP contribution in [0.5, 0.6) is 0 Å². The maximum atomic E-state index is 11.7. The van der Waals surface area contributed by atoms with E-state index in [0.717, 1.165) is 18.8 Å². The molecule has 0 aliphatic rings. The van der Waals surface area contributed by atoms with Crippen LogP contribution in [0, 0.1) is 0 Å². The van der Waals surface area contributed by atoms with Crippen molar-refractivity contribution in [1.82, 2.24) is 15.2 Å². The molecule has 0 saturated carbocycles. The first-order valence-corrected chi connectivity index (χ1v) is 5.87. The smallest absolute Gasteiger partial charge is 0.270 e. The Morgan fingerprint density at radius 3 is 3.00 bits per heavy atom. The van der Waals surface area contributed by atoms with Crippen molar-refractivity contribution in [2.75, 3.05) is 39.0 Å². The Morgan fingerprint density at radius 2 is 2.33 bits per heavy atom. The topological polar surface area (TPSA) is 57.3 Å². The lowest BCUT2D eigenvalue weighted by Gasteiger charge is -2.11. The SMILES string of the molecule is C=CCNC(=O)c1cc(NCCN(C)C)ccn1. The molecule has 0 aliphatic carbocycles. The highest BCUT2D eigenvalue weighted by atomic mass is 16.1. The monoisotopic (exact) mass is 248 g/mol. The zero-order valence-electron chi connectivity index (χ0n) is 10.9. The van der Waals surface area contributed by atoms with Crippen LogP contribution in [0.15, 0.2) is 31.0 Å². The van der Waals surface area contributed by atoms with E-state index in [0.29, 0.717) is 12.2 Å². The summed E-state index contributed by atoms with van der Waals surface area (Å²) >= 11 is 0. The third-order valence-electron chi connectivity index (χ3n) is 2.29. The Hall–Kier alpha value is -1.88. The fourth-order valence-electron chi connectivity index (χ4n) is 1.34. The van der Waals surface area contributed by atoms with E-state index in [4.69, 9.17) is 0 Å². The Bertz CT molecular complexity index is 404. The molecule has 0 unspecified atom stereocenters. The van der Waals surface area contributed by atoms with Crippen molar-refractivity contribution in [3.63, 3.8) is 0 Å². The van der Waals surface area contributed by atoms with Crippen LogP contribution in [0.3, 0.4) is 0 Å². The number of anilines is 1. The standard InChI is InChI=1S/C13H20N4O/c1-4-6-16-13(18)12-10-11(5-7-15-12)14-8-9-17(2)3/h4-5,7,10H,1,6,8-9H2,2-3H3,(H,14,15)(H,16,18). The summed E-state index contributed by atoms with van der Waals surface area (Å²) in [6, 6.07) is 3.59. The minimum Gasteiger partial charge on any atom is -0.384 e. The second-order valence-electron chi connectivity index (χ2n) is 4.16. The number of pyridine rings is 1. The second kappa shape index (κ2) is 7.45. The average Bonchev–Trinajstić information content (AvgIpc) is 2.36. The summed E-state index contributed by atoms with van der Waals surface area (Å²) in [5, 5.41) is 5.94. The first-order chi connectivity index (χ1) is 8.63. The molecule has 1 aromatic heterocycles. The number of hydrogen-bond acceptors (Lipinski definition) is 4. The van der Waals surface area contributed by atoms with Crippen LogP contribution >= 0.6 is 0 Å². The Kier molecular flexibility index (Phi) is 5.87. The molecule has 0 spiro atoms. The summed E-state index contributed by atoms with van der Waals surface area (Å²) in [6.07, 6.45) is 3.26. The highest BCUT2D eigenvalue weighted by molar-refractivity contribution is 5.93. The van der Waals surface area contributed by atoms with Crippen molar-refractivity contribution in [1.29, 1.82) is 0 Å². The summed E-state index contributed by atoms with van der Waals surface area (Å²) in [5.74, 6) is -0.189. The van der Waals surface area contributed by atoms with Gasteiger partial charge in [-0.25, -0.2) is 0 Å². The van der Waals surface area contributed by atoms with Gasteiger partial charge in [-0.3, -0.25) is 9.78 Å². The fraction of sp³-hybridized carbons (Fsp3) is 0.385. The second-order valence-corrected chi connectivity index (χ2v) is 4.16. The normalized spacial score (nSPS) is 10.2. The first kappa shape index (κ1) is 14.2. The zero-order valence-corrected chi connectivity index (χ0v) is 10.9. The van der Waals surface area contributed by atoms with E-state index in [2.05, 4.69) is 27.1 Å². The third-order valence-corrected chi connectivity index (χ3v) is 2.29. The lowest BCUT2D eigenvalue weighted by atomic mass is 10.3. The number of aromatic nitrogens is 1. The van der Waals surface area contributed by atoms with Crippen molar-refractivity contribution in [2.45, 2.75) is 0 Å². The van der Waals surface area contributed by atoms with Crippen LogP contribution in [-0.4, -0.2) is 49.5 Å². The molecule has 1 rings (SSSR count). The number of likely N-dealkylation sites (N-methyl/N-ethyl adjacent to an activating group) is 1. The molecule has 0 saturated heterocycles. The maximum absolute atomic E-state index is 11.7. The molecule has 98 valence electrons. The molecule has 0 bridgehead atoms. The lowest BCUT2D eigenvalue weighted by Crippen LogP contribution is -2.24. The van der Waals surface area contributed by atoms with Gasteiger partial charge in [0.1, 0.15) is 5.69 Å². The van der Waals surface area contributed by atoms with Crippen LogP contribution in [0.25, 0.3) is 0 Å². The molecule has 0 fully saturated rings. The number of nitrogens with one attached hydrogen (secondary N) is 2. The Morgan fingerprint density at radius 1 is 1.56 bits per heavy atom. The van der Waals surface area contributed by atoms with E-state index >= 15 is 0 Å². The molecule has 1 amide bonds. The third kappa shape index (κ3) is 4.97. The summed E-state index contributed by atoms with van der Waals surface area (Å²) in [6.45, 7) is 5.75. The molecule has 0 aromatic carbocycles. The largest absolute Gasteiger partial charge is 0.384 e. The van der Waals surface area contributed by atoms with Crippen LogP contribution in [0.4, 0.5) is 5.69 Å². The predicted octanol–water partition coefficient (Wildman–Crippen LogP) is 0.971. The molecular formula is C13H20N4O. The van der Waals surface area contributed by atoms with Crippen LogP contribution < -0.4 is 10.6 Å². The van der Waals surface area contributed by atoms with Gasteiger partial charge in [0, 0.05) is 31.5 Å². The van der Waals surface area contributed by atoms with E-state index in [1.165, 1.54) is 0 Å². The molecule has 0 aliphatic heterocycles. The van der Waals surface area contributed by atoms with Crippen molar-refractivity contribution < 1.29 is 4.79 Å². The van der Waals surface area contributed by atoms with Gasteiger partial charge >= 0.3 is 0 Å². The van der Waals surface area contributed by atoms with Gasteiger partial charge in [-0.2, -0.15) is 0 Å². The molecule has 18 heavy (non-hydrogen) atoms. The van der Waals surface area contributed by atoms with Gasteiger partial charge in [0.05, 0.1) is 0 Å². The molecule has 0 atom stereocenters.